The molecule has 0 spiro atoms. The van der Waals surface area contributed by atoms with E-state index in [4.69, 9.17) is 0 Å². The monoisotopic (exact) mass is 397 g/mol. The Bertz CT molecular complexity index is 1030. The molecule has 0 amide bonds. The molecule has 0 saturated carbocycles. The van der Waals surface area contributed by atoms with Crippen LogP contribution in [0, 0.1) is 20.8 Å². The average molecular weight is 398 g/mol. The Kier molecular flexibility index (Phi) is 4.86. The van der Waals surface area contributed by atoms with Crippen molar-refractivity contribution in [3.63, 3.8) is 0 Å². The molecule has 25 heavy (non-hydrogen) atoms. The van der Waals surface area contributed by atoms with Gasteiger partial charge in [-0.3, -0.25) is 4.79 Å². The van der Waals surface area contributed by atoms with Gasteiger partial charge in [-0.05, 0) is 50.1 Å². The van der Waals surface area contributed by atoms with Crippen molar-refractivity contribution in [3.05, 3.63) is 73.2 Å². The summed E-state index contributed by atoms with van der Waals surface area (Å²) >= 11 is 3.41. The standard InChI is InChI=1S/C20H20BrN3O/c1-5-19-23-18-7-6-15(21)10-16(18)20(25)24(19)22-11-17-13(3)8-12(2)9-14(17)4/h6-11H,5H2,1-4H3. The molecule has 0 saturated heterocycles. The van der Waals surface area contributed by atoms with E-state index >= 15 is 0 Å². The normalized spacial score (nSPS) is 11.6. The van der Waals surface area contributed by atoms with Gasteiger partial charge >= 0.3 is 0 Å². The number of nitrogens with zero attached hydrogens (tertiary/aromatic N) is 3. The molecule has 0 bridgehead atoms. The summed E-state index contributed by atoms with van der Waals surface area (Å²) in [5.74, 6) is 0.651. The van der Waals surface area contributed by atoms with E-state index in [1.807, 2.05) is 19.1 Å². The Morgan fingerprint density at radius 1 is 1.16 bits per heavy atom. The molecule has 0 aliphatic rings. The Hall–Kier alpha value is -2.27. The summed E-state index contributed by atoms with van der Waals surface area (Å²) in [6, 6.07) is 9.77. The lowest BCUT2D eigenvalue weighted by Gasteiger charge is -2.09. The minimum atomic E-state index is -0.151. The van der Waals surface area contributed by atoms with E-state index in [0.717, 1.165) is 21.2 Å². The lowest BCUT2D eigenvalue weighted by atomic mass is 10.0. The van der Waals surface area contributed by atoms with Gasteiger partial charge in [-0.2, -0.15) is 9.78 Å². The molecule has 0 aliphatic carbocycles. The van der Waals surface area contributed by atoms with E-state index in [2.05, 4.69) is 58.9 Å². The first-order valence-electron chi connectivity index (χ1n) is 8.24. The third kappa shape index (κ3) is 3.42. The SMILES string of the molecule is CCc1nc2ccc(Br)cc2c(=O)n1N=Cc1c(C)cc(C)cc1C. The van der Waals surface area contributed by atoms with Gasteiger partial charge in [-0.25, -0.2) is 4.98 Å². The van der Waals surface area contributed by atoms with Gasteiger partial charge in [0.05, 0.1) is 17.1 Å². The van der Waals surface area contributed by atoms with Crippen LogP contribution in [0.1, 0.15) is 35.0 Å². The first-order chi connectivity index (χ1) is 11.9. The van der Waals surface area contributed by atoms with Gasteiger partial charge in [0.25, 0.3) is 5.56 Å². The Morgan fingerprint density at radius 3 is 2.48 bits per heavy atom. The van der Waals surface area contributed by atoms with E-state index in [0.29, 0.717) is 23.1 Å². The van der Waals surface area contributed by atoms with E-state index < -0.39 is 0 Å². The van der Waals surface area contributed by atoms with E-state index in [9.17, 15) is 4.79 Å². The van der Waals surface area contributed by atoms with Crippen LogP contribution in [-0.4, -0.2) is 15.9 Å². The van der Waals surface area contributed by atoms with Crippen molar-refractivity contribution >= 4 is 33.0 Å². The minimum absolute atomic E-state index is 0.151. The van der Waals surface area contributed by atoms with E-state index in [-0.39, 0.29) is 5.56 Å². The fraction of sp³-hybridized carbons (Fsp3) is 0.250. The molecule has 0 aliphatic heterocycles. The first kappa shape index (κ1) is 17.5. The van der Waals surface area contributed by atoms with Crippen molar-refractivity contribution in [1.82, 2.24) is 9.66 Å². The fourth-order valence-electron chi connectivity index (χ4n) is 3.05. The topological polar surface area (TPSA) is 47.2 Å². The summed E-state index contributed by atoms with van der Waals surface area (Å²) in [4.78, 5) is 17.5. The molecule has 3 rings (SSSR count). The fourth-order valence-corrected chi connectivity index (χ4v) is 3.41. The molecular formula is C20H20BrN3O. The molecule has 1 aromatic heterocycles. The Labute approximate surface area is 155 Å². The summed E-state index contributed by atoms with van der Waals surface area (Å²) in [6.07, 6.45) is 2.39. The van der Waals surface area contributed by atoms with Crippen LogP contribution >= 0.6 is 15.9 Å². The Balaban J connectivity index is 2.19. The highest BCUT2D eigenvalue weighted by Gasteiger charge is 2.10. The molecule has 1 heterocycles. The molecular weight excluding hydrogens is 378 g/mol. The number of aromatic nitrogens is 2. The van der Waals surface area contributed by atoms with Crippen LogP contribution in [0.3, 0.4) is 0 Å². The largest absolute Gasteiger partial charge is 0.282 e. The summed E-state index contributed by atoms with van der Waals surface area (Å²) in [5, 5.41) is 5.04. The molecule has 2 aromatic carbocycles. The van der Waals surface area contributed by atoms with Crippen LogP contribution in [0.2, 0.25) is 0 Å². The molecule has 128 valence electrons. The highest BCUT2D eigenvalue weighted by atomic mass is 79.9. The van der Waals surface area contributed by atoms with Gasteiger partial charge in [0.2, 0.25) is 0 Å². The molecule has 0 atom stereocenters. The molecule has 5 heteroatoms. The highest BCUT2D eigenvalue weighted by molar-refractivity contribution is 9.10. The Morgan fingerprint density at radius 2 is 1.84 bits per heavy atom. The van der Waals surface area contributed by atoms with E-state index in [1.165, 1.54) is 10.2 Å². The van der Waals surface area contributed by atoms with Crippen LogP contribution < -0.4 is 5.56 Å². The average Bonchev–Trinajstić information content (AvgIpc) is 2.55. The van der Waals surface area contributed by atoms with Crippen LogP contribution in [0.25, 0.3) is 10.9 Å². The quantitative estimate of drug-likeness (QED) is 0.609. The zero-order chi connectivity index (χ0) is 18.1. The van der Waals surface area contributed by atoms with Crippen LogP contribution in [0.4, 0.5) is 0 Å². The second kappa shape index (κ2) is 6.92. The molecule has 0 unspecified atom stereocenters. The first-order valence-corrected chi connectivity index (χ1v) is 9.03. The van der Waals surface area contributed by atoms with Gasteiger partial charge in [0.1, 0.15) is 5.82 Å². The van der Waals surface area contributed by atoms with Crippen LogP contribution in [-0.2, 0) is 6.42 Å². The number of benzene rings is 2. The molecule has 0 fully saturated rings. The van der Waals surface area contributed by atoms with Crippen molar-refractivity contribution in [3.8, 4) is 0 Å². The number of hydrogen-bond donors (Lipinski definition) is 0. The van der Waals surface area contributed by atoms with Crippen LogP contribution in [0.15, 0.2) is 44.7 Å². The summed E-state index contributed by atoms with van der Waals surface area (Å²) in [5.41, 5.74) is 5.08. The number of halogens is 1. The number of hydrogen-bond acceptors (Lipinski definition) is 3. The van der Waals surface area contributed by atoms with Crippen molar-refractivity contribution in [2.24, 2.45) is 5.10 Å². The molecule has 0 N–H and O–H groups in total. The maximum atomic E-state index is 12.9. The summed E-state index contributed by atoms with van der Waals surface area (Å²) < 4.78 is 2.26. The van der Waals surface area contributed by atoms with Gasteiger partial charge in [-0.15, -0.1) is 0 Å². The zero-order valence-electron chi connectivity index (χ0n) is 14.8. The molecule has 0 radical (unpaired) electrons. The lowest BCUT2D eigenvalue weighted by molar-refractivity contribution is 0.734. The number of aryl methyl sites for hydroxylation is 4. The maximum absolute atomic E-state index is 12.9. The van der Waals surface area contributed by atoms with Gasteiger partial charge in [-0.1, -0.05) is 40.5 Å². The maximum Gasteiger partial charge on any atom is 0.282 e. The second-order valence-corrected chi connectivity index (χ2v) is 7.13. The number of rotatable bonds is 3. The van der Waals surface area contributed by atoms with Gasteiger partial charge < -0.3 is 0 Å². The van der Waals surface area contributed by atoms with E-state index in [1.54, 1.807) is 12.3 Å². The van der Waals surface area contributed by atoms with Crippen molar-refractivity contribution < 1.29 is 0 Å². The third-order valence-electron chi connectivity index (χ3n) is 4.23. The minimum Gasteiger partial charge on any atom is -0.267 e. The van der Waals surface area contributed by atoms with Gasteiger partial charge in [0.15, 0.2) is 0 Å². The van der Waals surface area contributed by atoms with Crippen molar-refractivity contribution in [1.29, 1.82) is 0 Å². The van der Waals surface area contributed by atoms with Crippen LogP contribution in [0.5, 0.6) is 0 Å². The summed E-state index contributed by atoms with van der Waals surface area (Å²) in [6.45, 7) is 8.16. The zero-order valence-corrected chi connectivity index (χ0v) is 16.4. The lowest BCUT2D eigenvalue weighted by Crippen LogP contribution is -2.22. The third-order valence-corrected chi connectivity index (χ3v) is 4.73. The van der Waals surface area contributed by atoms with Crippen molar-refractivity contribution in [2.75, 3.05) is 0 Å². The predicted molar refractivity (Wildman–Crippen MR) is 107 cm³/mol. The smallest absolute Gasteiger partial charge is 0.267 e. The number of fused-ring (bicyclic) bond motifs is 1. The second-order valence-electron chi connectivity index (χ2n) is 6.22. The molecule has 3 aromatic rings. The van der Waals surface area contributed by atoms with Gasteiger partial charge in [0, 0.05) is 16.5 Å². The molecule has 4 nitrogen and oxygen atoms in total. The van der Waals surface area contributed by atoms with Crippen molar-refractivity contribution in [2.45, 2.75) is 34.1 Å². The highest BCUT2D eigenvalue weighted by Crippen LogP contribution is 2.17. The predicted octanol–water partition coefficient (Wildman–Crippen LogP) is 4.53. The summed E-state index contributed by atoms with van der Waals surface area (Å²) in [7, 11) is 0.